The fourth-order valence-electron chi connectivity index (χ4n) is 0.638. The van der Waals surface area contributed by atoms with Crippen LogP contribution in [0.3, 0.4) is 0 Å². The molecule has 0 amide bonds. The van der Waals surface area contributed by atoms with E-state index in [-0.39, 0.29) is 0 Å². The van der Waals surface area contributed by atoms with Gasteiger partial charge in [0.25, 0.3) is 0 Å². The van der Waals surface area contributed by atoms with Crippen LogP contribution in [0.1, 0.15) is 26.2 Å². The number of unbranched alkanes of at least 4 members (excludes halogenated alkanes) is 2. The minimum atomic E-state index is -0.949. The number of nitrogens with zero attached hydrogens (tertiary/aromatic N) is 1. The van der Waals surface area contributed by atoms with Gasteiger partial charge in [-0.15, -0.1) is 0 Å². The van der Waals surface area contributed by atoms with Crippen LogP contribution in [-0.4, -0.2) is 23.8 Å². The van der Waals surface area contributed by atoms with Crippen molar-refractivity contribution in [2.75, 3.05) is 6.61 Å². The molecular weight excluding hydrogens is 158 g/mol. The monoisotopic (exact) mass is 171 g/mol. The smallest absolute Gasteiger partial charge is 0.332 e. The molecule has 0 aliphatic carbocycles. The molecule has 68 valence electrons. The van der Waals surface area contributed by atoms with Crippen LogP contribution in [0.15, 0.2) is 0 Å². The van der Waals surface area contributed by atoms with Crippen LogP contribution < -0.4 is 0 Å². The Kier molecular flexibility index (Phi) is 6.02. The summed E-state index contributed by atoms with van der Waals surface area (Å²) >= 11 is 0. The van der Waals surface area contributed by atoms with Crippen molar-refractivity contribution in [1.29, 1.82) is 5.26 Å². The summed E-state index contributed by atoms with van der Waals surface area (Å²) in [5, 5.41) is 16.6. The largest absolute Gasteiger partial charge is 0.479 e. The molecule has 4 heteroatoms. The minimum Gasteiger partial charge on any atom is -0.479 e. The topological polar surface area (TPSA) is 70.3 Å². The molecule has 0 fully saturated rings. The van der Waals surface area contributed by atoms with Crippen molar-refractivity contribution in [3.05, 3.63) is 0 Å². The van der Waals surface area contributed by atoms with Gasteiger partial charge in [-0.1, -0.05) is 0 Å². The molecule has 0 unspecified atom stereocenters. The lowest BCUT2D eigenvalue weighted by Gasteiger charge is -2.06. The van der Waals surface area contributed by atoms with Crippen LogP contribution >= 0.6 is 0 Å². The zero-order chi connectivity index (χ0) is 9.40. The highest BCUT2D eigenvalue weighted by atomic mass is 16.5. The zero-order valence-electron chi connectivity index (χ0n) is 7.12. The molecule has 12 heavy (non-hydrogen) atoms. The maximum atomic E-state index is 10.2. The molecule has 0 aliphatic rings. The number of ether oxygens (including phenoxy) is 1. The third-order valence-corrected chi connectivity index (χ3v) is 1.40. The quantitative estimate of drug-likeness (QED) is 0.609. The van der Waals surface area contributed by atoms with Gasteiger partial charge < -0.3 is 9.84 Å². The fraction of sp³-hybridized carbons (Fsp3) is 0.750. The van der Waals surface area contributed by atoms with Crippen LogP contribution in [0, 0.1) is 11.3 Å². The number of carboxylic acid groups (broad SMARTS) is 1. The molecule has 0 rings (SSSR count). The third-order valence-electron chi connectivity index (χ3n) is 1.40. The predicted octanol–water partition coefficient (Wildman–Crippen LogP) is 1.17. The van der Waals surface area contributed by atoms with Gasteiger partial charge in [-0.3, -0.25) is 0 Å². The van der Waals surface area contributed by atoms with Gasteiger partial charge in [-0.05, 0) is 19.8 Å². The minimum absolute atomic E-state index is 0.412. The molecule has 0 spiro atoms. The van der Waals surface area contributed by atoms with E-state index in [1.54, 1.807) is 0 Å². The normalized spacial score (nSPS) is 12.0. The van der Waals surface area contributed by atoms with Gasteiger partial charge in [0.1, 0.15) is 0 Å². The lowest BCUT2D eigenvalue weighted by molar-refractivity contribution is -0.149. The highest BCUT2D eigenvalue weighted by Crippen LogP contribution is 1.97. The first-order valence-electron chi connectivity index (χ1n) is 3.90. The van der Waals surface area contributed by atoms with Crippen molar-refractivity contribution >= 4 is 5.97 Å². The number of hydrogen-bond donors (Lipinski definition) is 1. The molecule has 1 atom stereocenters. The van der Waals surface area contributed by atoms with Gasteiger partial charge in [0.2, 0.25) is 0 Å². The van der Waals surface area contributed by atoms with E-state index in [1.165, 1.54) is 6.92 Å². The molecular formula is C8H13NO3. The van der Waals surface area contributed by atoms with Crippen molar-refractivity contribution in [1.82, 2.24) is 0 Å². The second-order valence-electron chi connectivity index (χ2n) is 2.47. The molecule has 0 bridgehead atoms. The predicted molar refractivity (Wildman–Crippen MR) is 42.5 cm³/mol. The first-order valence-corrected chi connectivity index (χ1v) is 3.90. The van der Waals surface area contributed by atoms with E-state index in [0.29, 0.717) is 13.0 Å². The fourth-order valence-corrected chi connectivity index (χ4v) is 0.638. The summed E-state index contributed by atoms with van der Waals surface area (Å²) in [4.78, 5) is 10.2. The number of rotatable bonds is 6. The zero-order valence-corrected chi connectivity index (χ0v) is 7.12. The van der Waals surface area contributed by atoms with Gasteiger partial charge in [-0.25, -0.2) is 4.79 Å². The molecule has 4 nitrogen and oxygen atoms in total. The van der Waals surface area contributed by atoms with Crippen LogP contribution in [0.2, 0.25) is 0 Å². The van der Waals surface area contributed by atoms with E-state index >= 15 is 0 Å². The summed E-state index contributed by atoms with van der Waals surface area (Å²) in [6, 6.07) is 2.01. The number of carboxylic acids is 1. The Bertz CT molecular complexity index is 174. The lowest BCUT2D eigenvalue weighted by Crippen LogP contribution is -2.20. The Morgan fingerprint density at radius 2 is 2.33 bits per heavy atom. The molecule has 0 aromatic carbocycles. The first kappa shape index (κ1) is 10.9. The van der Waals surface area contributed by atoms with E-state index in [4.69, 9.17) is 15.1 Å². The maximum Gasteiger partial charge on any atom is 0.332 e. The SMILES string of the molecule is C[C@@H](OCCCCC#N)C(=O)O. The molecule has 1 N–H and O–H groups in total. The summed E-state index contributed by atoms with van der Waals surface area (Å²) < 4.78 is 4.94. The number of hydrogen-bond acceptors (Lipinski definition) is 3. The number of carbonyl (C=O) groups is 1. The first-order chi connectivity index (χ1) is 5.68. The van der Waals surface area contributed by atoms with Gasteiger partial charge in [0, 0.05) is 13.0 Å². The molecule has 0 saturated heterocycles. The van der Waals surface area contributed by atoms with E-state index in [0.717, 1.165) is 12.8 Å². The van der Waals surface area contributed by atoms with E-state index in [1.807, 2.05) is 6.07 Å². The highest BCUT2D eigenvalue weighted by Gasteiger charge is 2.09. The van der Waals surface area contributed by atoms with E-state index in [9.17, 15) is 4.79 Å². The molecule has 0 aromatic rings. The van der Waals surface area contributed by atoms with E-state index in [2.05, 4.69) is 0 Å². The van der Waals surface area contributed by atoms with Gasteiger partial charge >= 0.3 is 5.97 Å². The summed E-state index contributed by atoms with van der Waals surface area (Å²) in [7, 11) is 0. The average Bonchev–Trinajstić information content (AvgIpc) is 2.03. The summed E-state index contributed by atoms with van der Waals surface area (Å²) in [6.45, 7) is 1.90. The Balaban J connectivity index is 3.21. The molecule has 0 saturated carbocycles. The van der Waals surface area contributed by atoms with Crippen LogP contribution in [0.4, 0.5) is 0 Å². The Morgan fingerprint density at radius 3 is 2.83 bits per heavy atom. The summed E-state index contributed by atoms with van der Waals surface area (Å²) in [6.07, 6.45) is 1.27. The Hall–Kier alpha value is -1.08. The molecule has 0 heterocycles. The second kappa shape index (κ2) is 6.62. The number of nitriles is 1. The van der Waals surface area contributed by atoms with Crippen LogP contribution in [-0.2, 0) is 9.53 Å². The van der Waals surface area contributed by atoms with E-state index < -0.39 is 12.1 Å². The van der Waals surface area contributed by atoms with Crippen molar-refractivity contribution in [3.8, 4) is 6.07 Å². The van der Waals surface area contributed by atoms with Crippen molar-refractivity contribution < 1.29 is 14.6 Å². The maximum absolute atomic E-state index is 10.2. The van der Waals surface area contributed by atoms with Gasteiger partial charge in [0.15, 0.2) is 6.10 Å². The van der Waals surface area contributed by atoms with Crippen LogP contribution in [0.25, 0.3) is 0 Å². The van der Waals surface area contributed by atoms with Crippen LogP contribution in [0.5, 0.6) is 0 Å². The highest BCUT2D eigenvalue weighted by molar-refractivity contribution is 5.71. The van der Waals surface area contributed by atoms with Crippen molar-refractivity contribution in [3.63, 3.8) is 0 Å². The molecule has 0 aromatic heterocycles. The average molecular weight is 171 g/mol. The van der Waals surface area contributed by atoms with Gasteiger partial charge in [-0.2, -0.15) is 5.26 Å². The van der Waals surface area contributed by atoms with Crippen molar-refractivity contribution in [2.45, 2.75) is 32.3 Å². The van der Waals surface area contributed by atoms with Gasteiger partial charge in [0.05, 0.1) is 6.07 Å². The molecule has 0 radical (unpaired) electrons. The lowest BCUT2D eigenvalue weighted by atomic mass is 10.2. The number of aliphatic carboxylic acids is 1. The Labute approximate surface area is 71.8 Å². The molecule has 0 aliphatic heterocycles. The second-order valence-corrected chi connectivity index (χ2v) is 2.47. The summed E-state index contributed by atoms with van der Waals surface area (Å²) in [5.41, 5.74) is 0. The third kappa shape index (κ3) is 5.69. The summed E-state index contributed by atoms with van der Waals surface area (Å²) in [5.74, 6) is -0.949. The standard InChI is InChI=1S/C8H13NO3/c1-7(8(10)11)12-6-4-2-3-5-9/h7H,2-4,6H2,1H3,(H,10,11)/t7-/m1/s1. The van der Waals surface area contributed by atoms with Crippen molar-refractivity contribution in [2.24, 2.45) is 0 Å². The Morgan fingerprint density at radius 1 is 1.67 bits per heavy atom.